The summed E-state index contributed by atoms with van der Waals surface area (Å²) in [6.45, 7) is 0. The lowest BCUT2D eigenvalue weighted by Gasteiger charge is -2.18. The van der Waals surface area contributed by atoms with Crippen LogP contribution < -0.4 is 14.2 Å². The number of ether oxygens (including phenoxy) is 3. The molecule has 0 radical (unpaired) electrons. The molecule has 1 unspecified atom stereocenters. The topological polar surface area (TPSA) is 82.1 Å². The largest absolute Gasteiger partial charge is 0.493 e. The number of Topliss-reactive ketones (excluding diaryl/α,β-unsaturated/α-hetero) is 1. The summed E-state index contributed by atoms with van der Waals surface area (Å²) in [6.07, 6.45) is 1.17. The summed E-state index contributed by atoms with van der Waals surface area (Å²) in [5.41, 5.74) is 0.664. The highest BCUT2D eigenvalue weighted by Gasteiger charge is 2.40. The Morgan fingerprint density at radius 1 is 1.07 bits per heavy atom. The van der Waals surface area contributed by atoms with Gasteiger partial charge in [0.1, 0.15) is 20.9 Å². The lowest BCUT2D eigenvalue weighted by atomic mass is 10.0. The highest BCUT2D eigenvalue weighted by molar-refractivity contribution is 8.24. The van der Waals surface area contributed by atoms with Crippen LogP contribution in [0, 0.1) is 0 Å². The fraction of sp³-hybridized carbons (Fsp3) is 0.143. The van der Waals surface area contributed by atoms with Crippen molar-refractivity contribution in [2.45, 2.75) is 5.25 Å². The molecule has 2 aromatic rings. The third-order valence-electron chi connectivity index (χ3n) is 4.64. The van der Waals surface area contributed by atoms with Crippen LogP contribution in [0.25, 0.3) is 0 Å². The van der Waals surface area contributed by atoms with Crippen molar-refractivity contribution in [3.63, 3.8) is 0 Å². The summed E-state index contributed by atoms with van der Waals surface area (Å²) >= 11 is 6.48. The van der Waals surface area contributed by atoms with E-state index < -0.39 is 17.0 Å². The van der Waals surface area contributed by atoms with Crippen molar-refractivity contribution >= 4 is 46.0 Å². The minimum Gasteiger partial charge on any atom is -0.493 e. The number of carbonyl (C=O) groups excluding carboxylic acids is 3. The van der Waals surface area contributed by atoms with E-state index in [4.69, 9.17) is 26.4 Å². The van der Waals surface area contributed by atoms with Gasteiger partial charge in [-0.15, -0.1) is 0 Å². The van der Waals surface area contributed by atoms with Gasteiger partial charge in [-0.3, -0.25) is 14.5 Å². The molecule has 2 aromatic carbocycles. The normalized spacial score (nSPS) is 19.7. The number of fused-ring (bicyclic) bond motifs is 1. The summed E-state index contributed by atoms with van der Waals surface area (Å²) in [5.74, 6) is -0.506. The Morgan fingerprint density at radius 2 is 1.80 bits per heavy atom. The quantitative estimate of drug-likeness (QED) is 0.235. The zero-order valence-corrected chi connectivity index (χ0v) is 17.5. The Kier molecular flexibility index (Phi) is 5.31. The number of methoxy groups -OCH3 is 2. The molecule has 0 aromatic heterocycles. The first kappa shape index (κ1) is 20.1. The maximum Gasteiger partial charge on any atom is 0.349 e. The van der Waals surface area contributed by atoms with Crippen LogP contribution in [0.3, 0.4) is 0 Å². The predicted molar refractivity (Wildman–Crippen MR) is 114 cm³/mol. The van der Waals surface area contributed by atoms with E-state index in [9.17, 15) is 14.4 Å². The Balaban J connectivity index is 1.65. The van der Waals surface area contributed by atoms with Crippen molar-refractivity contribution in [2.75, 3.05) is 14.2 Å². The molecule has 9 heteroatoms. The molecule has 1 fully saturated rings. The van der Waals surface area contributed by atoms with Gasteiger partial charge in [0.25, 0.3) is 0 Å². The number of benzene rings is 2. The minimum absolute atomic E-state index is 0.192. The third kappa shape index (κ3) is 3.35. The van der Waals surface area contributed by atoms with Gasteiger partial charge in [0, 0.05) is 6.20 Å². The van der Waals surface area contributed by atoms with Gasteiger partial charge in [-0.05, 0) is 29.8 Å². The Hall–Kier alpha value is -3.17. The summed E-state index contributed by atoms with van der Waals surface area (Å²) in [7, 11) is 3.03. The van der Waals surface area contributed by atoms with Gasteiger partial charge in [0.05, 0.1) is 19.8 Å². The smallest absolute Gasteiger partial charge is 0.349 e. The molecule has 7 nitrogen and oxygen atoms in total. The lowest BCUT2D eigenvalue weighted by Crippen LogP contribution is -2.30. The van der Waals surface area contributed by atoms with Crippen LogP contribution in [0.15, 0.2) is 54.2 Å². The number of carbonyl (C=O) groups is 3. The molecule has 0 N–H and O–H groups in total. The first-order valence-electron chi connectivity index (χ1n) is 8.78. The number of nitrogens with zero attached hydrogens (tertiary/aromatic N) is 1. The van der Waals surface area contributed by atoms with Gasteiger partial charge in [0.15, 0.2) is 11.5 Å². The molecule has 2 aliphatic heterocycles. The minimum atomic E-state index is -0.825. The molecule has 0 spiro atoms. The van der Waals surface area contributed by atoms with Gasteiger partial charge in [0.2, 0.25) is 11.7 Å². The number of hydrogen-bond acceptors (Lipinski definition) is 8. The second-order valence-corrected chi connectivity index (χ2v) is 8.08. The van der Waals surface area contributed by atoms with Crippen molar-refractivity contribution in [1.29, 1.82) is 0 Å². The number of para-hydroxylation sites is 1. The van der Waals surface area contributed by atoms with E-state index >= 15 is 0 Å². The van der Waals surface area contributed by atoms with Crippen LogP contribution in [0.1, 0.15) is 21.2 Å². The molecular formula is C21H15NO6S2. The first-order chi connectivity index (χ1) is 14.4. The van der Waals surface area contributed by atoms with Gasteiger partial charge >= 0.3 is 5.97 Å². The monoisotopic (exact) mass is 441 g/mol. The molecule has 1 saturated heterocycles. The summed E-state index contributed by atoms with van der Waals surface area (Å²) in [4.78, 5) is 39.3. The first-order valence-corrected chi connectivity index (χ1v) is 10.1. The van der Waals surface area contributed by atoms with E-state index in [1.165, 1.54) is 26.5 Å². The number of amides is 1. The average molecular weight is 441 g/mol. The maximum atomic E-state index is 13.0. The lowest BCUT2D eigenvalue weighted by molar-refractivity contribution is -0.130. The van der Waals surface area contributed by atoms with Crippen molar-refractivity contribution in [1.82, 2.24) is 4.90 Å². The number of hydrogen-bond donors (Lipinski definition) is 0. The Labute approximate surface area is 181 Å². The molecular weight excluding hydrogens is 426 g/mol. The van der Waals surface area contributed by atoms with E-state index in [0.717, 1.165) is 16.7 Å². The zero-order valence-electron chi connectivity index (χ0n) is 15.9. The third-order valence-corrected chi connectivity index (χ3v) is 6.24. The van der Waals surface area contributed by atoms with Crippen molar-refractivity contribution < 1.29 is 28.6 Å². The Morgan fingerprint density at radius 3 is 2.53 bits per heavy atom. The van der Waals surface area contributed by atoms with Gasteiger partial charge < -0.3 is 14.2 Å². The maximum absolute atomic E-state index is 13.0. The molecule has 0 aliphatic carbocycles. The van der Waals surface area contributed by atoms with Crippen molar-refractivity contribution in [2.24, 2.45) is 0 Å². The number of thiocarbonyl (C=S) groups is 1. The second kappa shape index (κ2) is 7.92. The fourth-order valence-corrected chi connectivity index (χ4v) is 4.53. The Bertz CT molecular complexity index is 1130. The summed E-state index contributed by atoms with van der Waals surface area (Å²) < 4.78 is 16.0. The SMILES string of the molecule is COc1ccc(C2SC(=S)N(C=C3C(=O)Oc4ccccc4C3=O)C2=O)cc1OC. The molecule has 30 heavy (non-hydrogen) atoms. The van der Waals surface area contributed by atoms with Crippen LogP contribution in [0.4, 0.5) is 0 Å². The van der Waals surface area contributed by atoms with E-state index in [0.29, 0.717) is 17.1 Å². The predicted octanol–water partition coefficient (Wildman–Crippen LogP) is 3.29. The number of rotatable bonds is 4. The van der Waals surface area contributed by atoms with Crippen LogP contribution in [-0.2, 0) is 9.59 Å². The van der Waals surface area contributed by atoms with Crippen LogP contribution >= 0.6 is 24.0 Å². The molecule has 4 rings (SSSR count). The van der Waals surface area contributed by atoms with E-state index in [1.54, 1.807) is 36.4 Å². The van der Waals surface area contributed by atoms with Gasteiger partial charge in [-0.1, -0.05) is 42.2 Å². The van der Waals surface area contributed by atoms with Crippen LogP contribution in [0.5, 0.6) is 17.2 Å². The summed E-state index contributed by atoms with van der Waals surface area (Å²) in [5, 5.41) is -0.642. The van der Waals surface area contributed by atoms with Gasteiger partial charge in [-0.25, -0.2) is 4.79 Å². The second-order valence-electron chi connectivity index (χ2n) is 6.34. The highest BCUT2D eigenvalue weighted by Crippen LogP contribution is 2.42. The van der Waals surface area contributed by atoms with Crippen molar-refractivity contribution in [3.8, 4) is 17.2 Å². The average Bonchev–Trinajstić information content (AvgIpc) is 3.04. The standard InChI is InChI=1S/C21H15NO6S2/c1-26-15-8-7-11(9-16(15)27-2)18-19(24)22(21(29)30-18)10-13-17(23)12-5-3-4-6-14(12)28-20(13)25/h3-10,18H,1-2H3. The molecule has 0 saturated carbocycles. The highest BCUT2D eigenvalue weighted by atomic mass is 32.2. The van der Waals surface area contributed by atoms with Crippen LogP contribution in [-0.4, -0.2) is 41.1 Å². The molecule has 152 valence electrons. The number of ketones is 1. The van der Waals surface area contributed by atoms with E-state index in [-0.39, 0.29) is 27.1 Å². The molecule has 2 aliphatic rings. The molecule has 0 bridgehead atoms. The number of thioether (sulfide) groups is 1. The van der Waals surface area contributed by atoms with E-state index in [2.05, 4.69) is 0 Å². The fourth-order valence-electron chi connectivity index (χ4n) is 3.14. The molecule has 1 atom stereocenters. The molecule has 2 heterocycles. The van der Waals surface area contributed by atoms with E-state index in [1.807, 2.05) is 0 Å². The molecule has 1 amide bonds. The number of esters is 1. The zero-order chi connectivity index (χ0) is 21.4. The van der Waals surface area contributed by atoms with Crippen molar-refractivity contribution in [3.05, 3.63) is 65.4 Å². The van der Waals surface area contributed by atoms with Crippen LogP contribution in [0.2, 0.25) is 0 Å². The van der Waals surface area contributed by atoms with Gasteiger partial charge in [-0.2, -0.15) is 0 Å². The summed E-state index contributed by atoms with van der Waals surface area (Å²) in [6, 6.07) is 11.6.